The molecule has 0 radical (unpaired) electrons. The largest absolute Gasteiger partial charge is 0.425 e. The number of rotatable bonds is 4. The van der Waals surface area contributed by atoms with Gasteiger partial charge in [0, 0.05) is 37.1 Å². The minimum Gasteiger partial charge on any atom is -0.425 e. The van der Waals surface area contributed by atoms with Crippen molar-refractivity contribution in [3.05, 3.63) is 67.5 Å². The molecule has 0 bridgehead atoms. The zero-order valence-electron chi connectivity index (χ0n) is 23.0. The van der Waals surface area contributed by atoms with E-state index in [1.54, 1.807) is 0 Å². The predicted molar refractivity (Wildman–Crippen MR) is 149 cm³/mol. The molecule has 2 heterocycles. The van der Waals surface area contributed by atoms with Crippen LogP contribution in [0, 0.1) is 13.8 Å². The van der Waals surface area contributed by atoms with Crippen LogP contribution >= 0.6 is 0 Å². The van der Waals surface area contributed by atoms with Crippen molar-refractivity contribution in [2.24, 2.45) is 11.5 Å². The van der Waals surface area contributed by atoms with Crippen molar-refractivity contribution in [2.45, 2.75) is 89.9 Å². The summed E-state index contributed by atoms with van der Waals surface area (Å²) in [4.78, 5) is 22.8. The second kappa shape index (κ2) is 18.6. The summed E-state index contributed by atoms with van der Waals surface area (Å²) in [6.07, 6.45) is 11.7. The molecule has 0 aromatic carbocycles. The third-order valence-corrected chi connectivity index (χ3v) is 6.67. The molecule has 10 nitrogen and oxygen atoms in total. The maximum absolute atomic E-state index is 11.4. The van der Waals surface area contributed by atoms with Gasteiger partial charge in [0.05, 0.1) is 24.6 Å². The Morgan fingerprint density at radius 1 is 0.658 bits per heavy atom. The fourth-order valence-corrected chi connectivity index (χ4v) is 4.82. The Morgan fingerprint density at radius 3 is 1.21 bits per heavy atom. The lowest BCUT2D eigenvalue weighted by Gasteiger charge is -2.22. The maximum Gasteiger partial charge on any atom is 0.283 e. The highest BCUT2D eigenvalue weighted by Gasteiger charge is 2.20. The molecule has 4 rings (SSSR count). The van der Waals surface area contributed by atoms with E-state index in [9.17, 15) is 20.0 Å². The van der Waals surface area contributed by atoms with Crippen molar-refractivity contribution in [3.8, 4) is 0 Å². The van der Waals surface area contributed by atoms with Gasteiger partial charge in [0.2, 0.25) is 0 Å². The summed E-state index contributed by atoms with van der Waals surface area (Å²) in [5, 5.41) is 34.9. The highest BCUT2D eigenvalue weighted by molar-refractivity contribution is 5.20. The number of hydrogen-bond acceptors (Lipinski definition) is 8. The second-order valence-electron chi connectivity index (χ2n) is 9.91. The van der Waals surface area contributed by atoms with Crippen molar-refractivity contribution in [1.29, 1.82) is 0 Å². The van der Waals surface area contributed by atoms with E-state index in [2.05, 4.69) is 0 Å². The van der Waals surface area contributed by atoms with Crippen LogP contribution in [0.15, 0.2) is 33.9 Å². The Kier molecular flexibility index (Phi) is 16.3. The van der Waals surface area contributed by atoms with Crippen LogP contribution < -0.4 is 22.6 Å². The van der Waals surface area contributed by atoms with Crippen LogP contribution in [-0.2, 0) is 0 Å². The van der Waals surface area contributed by atoms with E-state index < -0.39 is 0 Å². The standard InChI is InChI=1S/2C12H17NO2.2C2H7NO/c2*1-9-7-11(13(15)12(14)8-9)10-5-3-2-4-6-10;2*3-1-2-4/h2*7-8,10,15H,2-6H2,1H3;2*4H,1-3H2. The number of nitrogens with zero attached hydrogens (tertiary/aromatic N) is 2. The number of aromatic nitrogens is 2. The zero-order chi connectivity index (χ0) is 28.5. The smallest absolute Gasteiger partial charge is 0.283 e. The molecule has 0 unspecified atom stereocenters. The monoisotopic (exact) mass is 536 g/mol. The molecule has 0 aliphatic heterocycles. The van der Waals surface area contributed by atoms with Gasteiger partial charge in [-0.15, -0.1) is 0 Å². The van der Waals surface area contributed by atoms with Crippen LogP contribution in [0.3, 0.4) is 0 Å². The summed E-state index contributed by atoms with van der Waals surface area (Å²) in [6, 6.07) is 6.79. The molecule has 2 aromatic rings. The molecule has 0 spiro atoms. The summed E-state index contributed by atoms with van der Waals surface area (Å²) in [5.41, 5.74) is 12.4. The minimum absolute atomic E-state index is 0.0972. The van der Waals surface area contributed by atoms with Gasteiger partial charge in [0.15, 0.2) is 0 Å². The Labute approximate surface area is 225 Å². The maximum atomic E-state index is 11.4. The molecule has 38 heavy (non-hydrogen) atoms. The minimum atomic E-state index is -0.310. The number of pyridine rings is 2. The Balaban J connectivity index is 0.000000298. The summed E-state index contributed by atoms with van der Waals surface area (Å²) in [5.74, 6) is 0.715. The number of aryl methyl sites for hydroxylation is 2. The van der Waals surface area contributed by atoms with Gasteiger partial charge in [-0.1, -0.05) is 38.5 Å². The van der Waals surface area contributed by atoms with Crippen molar-refractivity contribution < 1.29 is 20.6 Å². The number of hydrogen-bond donors (Lipinski definition) is 6. The van der Waals surface area contributed by atoms with E-state index in [4.69, 9.17) is 21.7 Å². The first kappa shape index (κ1) is 33.4. The highest BCUT2D eigenvalue weighted by Crippen LogP contribution is 2.32. The van der Waals surface area contributed by atoms with Crippen LogP contribution in [0.1, 0.15) is 98.6 Å². The van der Waals surface area contributed by atoms with Crippen molar-refractivity contribution in [2.75, 3.05) is 26.3 Å². The molecule has 0 saturated heterocycles. The first-order valence-corrected chi connectivity index (χ1v) is 13.7. The molecule has 10 heteroatoms. The molecular weight excluding hydrogens is 488 g/mol. The molecule has 2 aromatic heterocycles. The van der Waals surface area contributed by atoms with Gasteiger partial charge in [0.25, 0.3) is 11.1 Å². The molecule has 0 atom stereocenters. The third kappa shape index (κ3) is 11.4. The molecule has 8 N–H and O–H groups in total. The van der Waals surface area contributed by atoms with E-state index in [0.717, 1.165) is 57.7 Å². The predicted octanol–water partition coefficient (Wildman–Crippen LogP) is 2.76. The molecular formula is C28H48N4O6. The molecule has 0 amide bonds. The SMILES string of the molecule is Cc1cc(C2CCCCC2)n(O)c(=O)c1.Cc1cc(C2CCCCC2)n(O)c(=O)c1.NCCO.NCCO. The van der Waals surface area contributed by atoms with Crippen LogP contribution in [-0.4, -0.2) is 56.4 Å². The van der Waals surface area contributed by atoms with Crippen molar-refractivity contribution in [3.63, 3.8) is 0 Å². The number of nitrogens with two attached hydrogens (primary N) is 2. The van der Waals surface area contributed by atoms with Crippen LogP contribution in [0.5, 0.6) is 0 Å². The average molecular weight is 537 g/mol. The fourth-order valence-electron chi connectivity index (χ4n) is 4.82. The number of aliphatic hydroxyl groups is 2. The van der Waals surface area contributed by atoms with E-state index in [0.29, 0.717) is 24.9 Å². The lowest BCUT2D eigenvalue weighted by molar-refractivity contribution is 0.156. The topological polar surface area (TPSA) is 177 Å². The van der Waals surface area contributed by atoms with Gasteiger partial charge in [-0.2, -0.15) is 9.46 Å². The first-order valence-electron chi connectivity index (χ1n) is 13.7. The lowest BCUT2D eigenvalue weighted by Crippen LogP contribution is -2.23. The van der Waals surface area contributed by atoms with Crippen molar-refractivity contribution in [1.82, 2.24) is 9.46 Å². The number of aliphatic hydroxyl groups excluding tert-OH is 2. The molecule has 2 saturated carbocycles. The van der Waals surface area contributed by atoms with Gasteiger partial charge in [0.1, 0.15) is 0 Å². The summed E-state index contributed by atoms with van der Waals surface area (Å²) < 4.78 is 1.64. The molecule has 2 fully saturated rings. The van der Waals surface area contributed by atoms with Gasteiger partial charge < -0.3 is 32.1 Å². The van der Waals surface area contributed by atoms with Gasteiger partial charge in [-0.05, 0) is 62.8 Å². The normalized spacial score (nSPS) is 15.7. The van der Waals surface area contributed by atoms with Gasteiger partial charge in [-0.25, -0.2) is 0 Å². The van der Waals surface area contributed by atoms with E-state index in [1.165, 1.54) is 50.7 Å². The second-order valence-corrected chi connectivity index (χ2v) is 9.91. The van der Waals surface area contributed by atoms with Crippen LogP contribution in [0.25, 0.3) is 0 Å². The van der Waals surface area contributed by atoms with Gasteiger partial charge in [-0.3, -0.25) is 9.59 Å². The summed E-state index contributed by atoms with van der Waals surface area (Å²) >= 11 is 0. The quantitative estimate of drug-likeness (QED) is 0.323. The molecule has 2 aliphatic carbocycles. The fraction of sp³-hybridized carbons (Fsp3) is 0.643. The van der Waals surface area contributed by atoms with Crippen molar-refractivity contribution >= 4 is 0 Å². The Bertz CT molecular complexity index is 953. The Morgan fingerprint density at radius 2 is 0.947 bits per heavy atom. The van der Waals surface area contributed by atoms with E-state index in [1.807, 2.05) is 26.0 Å². The summed E-state index contributed by atoms with van der Waals surface area (Å²) in [7, 11) is 0. The molecule has 216 valence electrons. The van der Waals surface area contributed by atoms with Gasteiger partial charge >= 0.3 is 0 Å². The Hall–Kier alpha value is -2.66. The van der Waals surface area contributed by atoms with Crippen LogP contribution in [0.2, 0.25) is 0 Å². The first-order chi connectivity index (χ1) is 18.2. The molecule has 2 aliphatic rings. The zero-order valence-corrected chi connectivity index (χ0v) is 23.0. The summed E-state index contributed by atoms with van der Waals surface area (Å²) in [6.45, 7) is 4.74. The van der Waals surface area contributed by atoms with E-state index in [-0.39, 0.29) is 24.3 Å². The van der Waals surface area contributed by atoms with Crippen LogP contribution in [0.4, 0.5) is 0 Å². The average Bonchev–Trinajstić information content (AvgIpc) is 2.94. The highest BCUT2D eigenvalue weighted by atomic mass is 16.5. The lowest BCUT2D eigenvalue weighted by atomic mass is 9.86. The van der Waals surface area contributed by atoms with E-state index >= 15 is 0 Å². The third-order valence-electron chi connectivity index (χ3n) is 6.67.